The smallest absolute Gasteiger partial charge is 0.225 e. The molecule has 2 N–H and O–H groups in total. The molecule has 106 valence electrons. The molecule has 0 fully saturated rings. The third-order valence-electron chi connectivity index (χ3n) is 2.89. The lowest BCUT2D eigenvalue weighted by Crippen LogP contribution is -2.40. The minimum Gasteiger partial charge on any atom is -0.388 e. The molecule has 0 aliphatic heterocycles. The van der Waals surface area contributed by atoms with Gasteiger partial charge in [0, 0.05) is 11.5 Å². The van der Waals surface area contributed by atoms with Crippen LogP contribution in [0.1, 0.15) is 45.8 Å². The van der Waals surface area contributed by atoms with Gasteiger partial charge in [0.1, 0.15) is 5.82 Å². The van der Waals surface area contributed by atoms with Gasteiger partial charge >= 0.3 is 0 Å². The van der Waals surface area contributed by atoms with Crippen LogP contribution in [0.2, 0.25) is 0 Å². The highest BCUT2D eigenvalue weighted by Gasteiger charge is 2.23. The zero-order valence-corrected chi connectivity index (χ0v) is 11.9. The Balaban J connectivity index is 2.55. The van der Waals surface area contributed by atoms with Crippen LogP contribution >= 0.6 is 0 Å². The summed E-state index contributed by atoms with van der Waals surface area (Å²) in [5, 5.41) is 12.9. The third kappa shape index (κ3) is 4.99. The summed E-state index contributed by atoms with van der Waals surface area (Å²) in [5.74, 6) is -0.378. The number of carbonyl (C=O) groups is 1. The normalized spacial score (nSPS) is 14.8. The summed E-state index contributed by atoms with van der Waals surface area (Å²) in [6.07, 6.45) is -0.316. The highest BCUT2D eigenvalue weighted by molar-refractivity contribution is 5.81. The molecule has 1 rings (SSSR count). The number of benzene rings is 1. The van der Waals surface area contributed by atoms with Crippen molar-refractivity contribution >= 4 is 5.91 Å². The number of aliphatic hydroxyl groups is 1. The van der Waals surface area contributed by atoms with Gasteiger partial charge in [0.15, 0.2) is 0 Å². The molecule has 0 bridgehead atoms. The molecule has 0 saturated heterocycles. The second kappa shape index (κ2) is 6.15. The summed E-state index contributed by atoms with van der Waals surface area (Å²) < 4.78 is 12.8. The van der Waals surface area contributed by atoms with E-state index < -0.39 is 11.5 Å². The van der Waals surface area contributed by atoms with Gasteiger partial charge in [-0.2, -0.15) is 0 Å². The van der Waals surface area contributed by atoms with E-state index in [9.17, 15) is 14.3 Å². The van der Waals surface area contributed by atoms with Crippen molar-refractivity contribution in [3.63, 3.8) is 0 Å². The van der Waals surface area contributed by atoms with E-state index in [1.54, 1.807) is 12.1 Å². The maximum atomic E-state index is 12.8. The van der Waals surface area contributed by atoms with Gasteiger partial charge in [-0.05, 0) is 31.0 Å². The molecule has 3 nitrogen and oxygen atoms in total. The largest absolute Gasteiger partial charge is 0.388 e. The second-order valence-corrected chi connectivity index (χ2v) is 5.93. The van der Waals surface area contributed by atoms with E-state index in [0.717, 1.165) is 0 Å². The minimum absolute atomic E-state index is 0.0497. The SMILES string of the molecule is CC(CC(O)c1ccc(F)cc1)NC(=O)C(C)(C)C. The lowest BCUT2D eigenvalue weighted by molar-refractivity contribution is -0.129. The van der Waals surface area contributed by atoms with Crippen LogP contribution in [-0.4, -0.2) is 17.1 Å². The Morgan fingerprint density at radius 3 is 2.32 bits per heavy atom. The van der Waals surface area contributed by atoms with Crippen LogP contribution in [0.25, 0.3) is 0 Å². The van der Waals surface area contributed by atoms with Crippen LogP contribution in [0.4, 0.5) is 4.39 Å². The molecule has 0 saturated carbocycles. The van der Waals surface area contributed by atoms with Gasteiger partial charge in [0.2, 0.25) is 5.91 Å². The van der Waals surface area contributed by atoms with E-state index in [1.807, 2.05) is 27.7 Å². The number of nitrogens with one attached hydrogen (secondary N) is 1. The maximum Gasteiger partial charge on any atom is 0.225 e. The number of hydrogen-bond donors (Lipinski definition) is 2. The van der Waals surface area contributed by atoms with Gasteiger partial charge < -0.3 is 10.4 Å². The summed E-state index contributed by atoms with van der Waals surface area (Å²) >= 11 is 0. The fourth-order valence-electron chi connectivity index (χ4n) is 1.66. The molecule has 0 aliphatic rings. The Kier molecular flexibility index (Phi) is 5.06. The van der Waals surface area contributed by atoms with Crippen molar-refractivity contribution in [3.8, 4) is 0 Å². The predicted octanol–water partition coefficient (Wildman–Crippen LogP) is 2.80. The average molecular weight is 267 g/mol. The van der Waals surface area contributed by atoms with Crippen LogP contribution in [0.5, 0.6) is 0 Å². The summed E-state index contributed by atoms with van der Waals surface area (Å²) in [4.78, 5) is 11.8. The van der Waals surface area contributed by atoms with Crippen molar-refractivity contribution < 1.29 is 14.3 Å². The quantitative estimate of drug-likeness (QED) is 0.881. The highest BCUT2D eigenvalue weighted by Crippen LogP contribution is 2.20. The first kappa shape index (κ1) is 15.6. The molecule has 0 spiro atoms. The van der Waals surface area contributed by atoms with Crippen molar-refractivity contribution in [3.05, 3.63) is 35.6 Å². The lowest BCUT2D eigenvalue weighted by Gasteiger charge is -2.23. The number of amides is 1. The van der Waals surface area contributed by atoms with E-state index in [-0.39, 0.29) is 17.8 Å². The minimum atomic E-state index is -0.712. The molecule has 1 amide bonds. The van der Waals surface area contributed by atoms with Crippen LogP contribution in [0.15, 0.2) is 24.3 Å². The number of hydrogen-bond acceptors (Lipinski definition) is 2. The van der Waals surface area contributed by atoms with Gasteiger partial charge in [0.05, 0.1) is 6.10 Å². The standard InChI is InChI=1S/C15H22FNO2/c1-10(17-14(19)15(2,3)4)9-13(18)11-5-7-12(16)8-6-11/h5-8,10,13,18H,9H2,1-4H3,(H,17,19). The molecule has 0 aliphatic carbocycles. The Morgan fingerprint density at radius 2 is 1.84 bits per heavy atom. The van der Waals surface area contributed by atoms with Crippen molar-refractivity contribution in [2.75, 3.05) is 0 Å². The number of rotatable bonds is 4. The van der Waals surface area contributed by atoms with Crippen molar-refractivity contribution in [1.29, 1.82) is 0 Å². The fourth-order valence-corrected chi connectivity index (χ4v) is 1.66. The first-order valence-corrected chi connectivity index (χ1v) is 6.44. The first-order chi connectivity index (χ1) is 8.70. The molecular weight excluding hydrogens is 245 g/mol. The van der Waals surface area contributed by atoms with E-state index in [2.05, 4.69) is 5.32 Å². The zero-order valence-electron chi connectivity index (χ0n) is 11.9. The van der Waals surface area contributed by atoms with E-state index >= 15 is 0 Å². The average Bonchev–Trinajstić information content (AvgIpc) is 2.28. The molecule has 1 aromatic rings. The van der Waals surface area contributed by atoms with E-state index in [4.69, 9.17) is 0 Å². The molecule has 19 heavy (non-hydrogen) atoms. The Morgan fingerprint density at radius 1 is 1.32 bits per heavy atom. The molecule has 0 heterocycles. The van der Waals surface area contributed by atoms with Crippen molar-refractivity contribution in [1.82, 2.24) is 5.32 Å². The number of carbonyl (C=O) groups excluding carboxylic acids is 1. The fraction of sp³-hybridized carbons (Fsp3) is 0.533. The van der Waals surface area contributed by atoms with Gasteiger partial charge in [0.25, 0.3) is 0 Å². The van der Waals surface area contributed by atoms with Gasteiger partial charge in [-0.25, -0.2) is 4.39 Å². The van der Waals surface area contributed by atoms with Crippen LogP contribution in [-0.2, 0) is 4.79 Å². The monoisotopic (exact) mass is 267 g/mol. The van der Waals surface area contributed by atoms with Gasteiger partial charge in [-0.15, -0.1) is 0 Å². The Labute approximate surface area is 113 Å². The van der Waals surface area contributed by atoms with Crippen molar-refractivity contribution in [2.45, 2.75) is 46.3 Å². The molecule has 2 atom stereocenters. The molecule has 1 aromatic carbocycles. The van der Waals surface area contributed by atoms with Crippen molar-refractivity contribution in [2.24, 2.45) is 5.41 Å². The third-order valence-corrected chi connectivity index (χ3v) is 2.89. The van der Waals surface area contributed by atoms with Gasteiger partial charge in [-0.1, -0.05) is 32.9 Å². The molecule has 0 aromatic heterocycles. The topological polar surface area (TPSA) is 49.3 Å². The molecule has 4 heteroatoms. The Hall–Kier alpha value is -1.42. The first-order valence-electron chi connectivity index (χ1n) is 6.44. The maximum absolute atomic E-state index is 12.8. The summed E-state index contributed by atoms with van der Waals surface area (Å²) in [5.41, 5.74) is 0.202. The van der Waals surface area contributed by atoms with Crippen LogP contribution in [0.3, 0.4) is 0 Å². The Bertz CT molecular complexity index is 423. The summed E-state index contributed by atoms with van der Waals surface area (Å²) in [6.45, 7) is 7.36. The second-order valence-electron chi connectivity index (χ2n) is 5.93. The summed E-state index contributed by atoms with van der Waals surface area (Å²) in [7, 11) is 0. The number of halogens is 1. The van der Waals surface area contributed by atoms with Crippen LogP contribution < -0.4 is 5.32 Å². The summed E-state index contributed by atoms with van der Waals surface area (Å²) in [6, 6.07) is 5.59. The molecule has 0 radical (unpaired) electrons. The van der Waals surface area contributed by atoms with E-state index in [0.29, 0.717) is 12.0 Å². The molecular formula is C15H22FNO2. The van der Waals surface area contributed by atoms with Gasteiger partial charge in [-0.3, -0.25) is 4.79 Å². The highest BCUT2D eigenvalue weighted by atomic mass is 19.1. The lowest BCUT2D eigenvalue weighted by atomic mass is 9.94. The van der Waals surface area contributed by atoms with Crippen LogP contribution in [0, 0.1) is 11.2 Å². The molecule has 2 unspecified atom stereocenters. The number of aliphatic hydroxyl groups excluding tert-OH is 1. The zero-order chi connectivity index (χ0) is 14.6. The predicted molar refractivity (Wildman–Crippen MR) is 73.0 cm³/mol. The van der Waals surface area contributed by atoms with E-state index in [1.165, 1.54) is 12.1 Å².